The molecule has 6 nitrogen and oxygen atoms in total. The maximum atomic E-state index is 11.5. The Hall–Kier alpha value is -0.341. The predicted octanol–water partition coefficient (Wildman–Crippen LogP) is -1.23. The van der Waals surface area contributed by atoms with Gasteiger partial charge in [-0.25, -0.2) is 0 Å². The van der Waals surface area contributed by atoms with Gasteiger partial charge in [0, 0.05) is 0 Å². The summed E-state index contributed by atoms with van der Waals surface area (Å²) in [6, 6.07) is 0. The van der Waals surface area contributed by atoms with E-state index in [0.29, 0.717) is 22.1 Å². The van der Waals surface area contributed by atoms with Gasteiger partial charge in [0.05, 0.1) is 0 Å². The van der Waals surface area contributed by atoms with Crippen LogP contribution in [0, 0.1) is 0 Å². The van der Waals surface area contributed by atoms with Gasteiger partial charge in [0.2, 0.25) is 0 Å². The standard InChI is InChI=1S/C10H20N2O4.Sn/c1-11(2,7-9(13)14)5-6-12(3,4)8-10(15)16;/h5-8H2,1-4H3;/q;+2. The Balaban J connectivity index is 2.74. The molecule has 1 aliphatic heterocycles. The Bertz CT molecular complexity index is 287. The van der Waals surface area contributed by atoms with E-state index in [4.69, 9.17) is 6.15 Å². The van der Waals surface area contributed by atoms with E-state index in [1.807, 2.05) is 28.2 Å². The van der Waals surface area contributed by atoms with E-state index in [1.54, 1.807) is 0 Å². The molecule has 0 spiro atoms. The molecule has 0 saturated carbocycles. The van der Waals surface area contributed by atoms with Gasteiger partial charge in [0.25, 0.3) is 0 Å². The first-order chi connectivity index (χ1) is 7.70. The average molecular weight is 351 g/mol. The summed E-state index contributed by atoms with van der Waals surface area (Å²) >= 11 is -1.79. The van der Waals surface area contributed by atoms with Gasteiger partial charge in [-0.2, -0.15) is 0 Å². The second kappa shape index (κ2) is 5.53. The fourth-order valence-electron chi connectivity index (χ4n) is 1.58. The molecule has 1 saturated heterocycles. The molecule has 0 unspecified atom stereocenters. The van der Waals surface area contributed by atoms with Crippen LogP contribution in [-0.4, -0.2) is 97.2 Å². The second-order valence-electron chi connectivity index (χ2n) is 5.67. The molecule has 96 valence electrons. The predicted molar refractivity (Wildman–Crippen MR) is 61.6 cm³/mol. The first kappa shape index (κ1) is 14.7. The van der Waals surface area contributed by atoms with E-state index in [9.17, 15) is 9.59 Å². The zero-order valence-corrected chi connectivity index (χ0v) is 13.7. The third kappa shape index (κ3) is 5.69. The van der Waals surface area contributed by atoms with Gasteiger partial charge in [-0.1, -0.05) is 0 Å². The van der Waals surface area contributed by atoms with Crippen molar-refractivity contribution < 1.29 is 24.7 Å². The minimum atomic E-state index is -1.79. The van der Waals surface area contributed by atoms with Crippen LogP contribution in [0.3, 0.4) is 0 Å². The maximum absolute atomic E-state index is 11.5. The molecule has 17 heavy (non-hydrogen) atoms. The summed E-state index contributed by atoms with van der Waals surface area (Å²) in [6.07, 6.45) is 0. The van der Waals surface area contributed by atoms with Crippen LogP contribution in [-0.2, 0) is 15.7 Å². The van der Waals surface area contributed by atoms with Crippen molar-refractivity contribution in [3.63, 3.8) is 0 Å². The molecule has 1 heterocycles. The van der Waals surface area contributed by atoms with Crippen molar-refractivity contribution in [1.29, 1.82) is 0 Å². The Morgan fingerprint density at radius 2 is 1.24 bits per heavy atom. The first-order valence-corrected chi connectivity index (χ1v) is 7.82. The number of likely N-dealkylation sites (N-methyl/N-ethyl adjacent to an activating group) is 2. The van der Waals surface area contributed by atoms with Crippen LogP contribution >= 0.6 is 0 Å². The topological polar surface area (TPSA) is 52.6 Å². The second-order valence-corrected chi connectivity index (χ2v) is 7.31. The summed E-state index contributed by atoms with van der Waals surface area (Å²) in [7, 11) is 7.97. The van der Waals surface area contributed by atoms with E-state index >= 15 is 0 Å². The summed E-state index contributed by atoms with van der Waals surface area (Å²) in [4.78, 5) is 23.0. The van der Waals surface area contributed by atoms with E-state index in [0.717, 1.165) is 13.1 Å². The fourth-order valence-corrected chi connectivity index (χ4v) is 2.59. The normalized spacial score (nSPS) is 25.4. The van der Waals surface area contributed by atoms with E-state index in [-0.39, 0.29) is 11.9 Å². The van der Waals surface area contributed by atoms with Crippen molar-refractivity contribution in [2.45, 2.75) is 0 Å². The van der Waals surface area contributed by atoms with Gasteiger partial charge < -0.3 is 0 Å². The molecule has 1 fully saturated rings. The number of nitrogens with zero attached hydrogens (tertiary/aromatic N) is 2. The van der Waals surface area contributed by atoms with Gasteiger partial charge >= 0.3 is 113 Å². The van der Waals surface area contributed by atoms with Crippen LogP contribution in [0.2, 0.25) is 0 Å². The van der Waals surface area contributed by atoms with Crippen LogP contribution in [0.5, 0.6) is 0 Å². The molecule has 0 aromatic heterocycles. The van der Waals surface area contributed by atoms with Crippen molar-refractivity contribution in [1.82, 2.24) is 0 Å². The number of carbonyl (C=O) groups is 2. The average Bonchev–Trinajstić information content (AvgIpc) is 2.13. The first-order valence-electron chi connectivity index (χ1n) is 5.49. The van der Waals surface area contributed by atoms with Gasteiger partial charge in [-0.05, 0) is 0 Å². The zero-order chi connectivity index (χ0) is 13.1. The molecule has 0 aromatic rings. The molecular formula is C10H20N2O4Sn+2. The molecule has 1 aliphatic rings. The summed E-state index contributed by atoms with van der Waals surface area (Å²) in [5.41, 5.74) is 0. The molecule has 0 amide bonds. The molecule has 7 heteroatoms. The van der Waals surface area contributed by atoms with Crippen LogP contribution in [0.15, 0.2) is 0 Å². The van der Waals surface area contributed by atoms with Crippen molar-refractivity contribution in [2.75, 3.05) is 54.4 Å². The monoisotopic (exact) mass is 352 g/mol. The fraction of sp³-hybridized carbons (Fsp3) is 0.800. The minimum absolute atomic E-state index is 0.262. The Morgan fingerprint density at radius 1 is 0.882 bits per heavy atom. The molecule has 0 N–H and O–H groups in total. The number of carbonyl (C=O) groups excluding carboxylic acids is 2. The SMILES string of the molecule is C[N+]1(C)CC[N+](C)(C)CC(=O)[O][Sn][O]C(=O)C1. The Labute approximate surface area is 113 Å². The summed E-state index contributed by atoms with van der Waals surface area (Å²) in [5.74, 6) is -0.525. The van der Waals surface area contributed by atoms with Crippen molar-refractivity contribution >= 4 is 33.9 Å². The van der Waals surface area contributed by atoms with Crippen LogP contribution in [0.25, 0.3) is 0 Å². The number of rotatable bonds is 0. The molecule has 2 radical (unpaired) electrons. The van der Waals surface area contributed by atoms with Gasteiger partial charge in [-0.3, -0.25) is 0 Å². The molecule has 0 atom stereocenters. The third-order valence-electron chi connectivity index (χ3n) is 2.74. The summed E-state index contributed by atoms with van der Waals surface area (Å²) < 4.78 is 11.2. The summed E-state index contributed by atoms with van der Waals surface area (Å²) in [5, 5.41) is 0. The molecule has 0 aliphatic carbocycles. The van der Waals surface area contributed by atoms with Crippen LogP contribution < -0.4 is 0 Å². The molecular weight excluding hydrogens is 331 g/mol. The van der Waals surface area contributed by atoms with E-state index in [1.165, 1.54) is 0 Å². The number of quaternary nitrogens is 2. The van der Waals surface area contributed by atoms with E-state index < -0.39 is 22.0 Å². The number of hydrogen-bond donors (Lipinski definition) is 0. The Kier molecular flexibility index (Phi) is 4.79. The summed E-state index contributed by atoms with van der Waals surface area (Å²) in [6.45, 7) is 2.30. The molecule has 0 bridgehead atoms. The van der Waals surface area contributed by atoms with Crippen LogP contribution in [0.4, 0.5) is 0 Å². The van der Waals surface area contributed by atoms with Gasteiger partial charge in [0.15, 0.2) is 0 Å². The van der Waals surface area contributed by atoms with Crippen molar-refractivity contribution in [3.8, 4) is 0 Å². The van der Waals surface area contributed by atoms with Gasteiger partial charge in [-0.15, -0.1) is 0 Å². The molecule has 1 rings (SSSR count). The third-order valence-corrected chi connectivity index (χ3v) is 4.51. The zero-order valence-electron chi connectivity index (χ0n) is 10.9. The van der Waals surface area contributed by atoms with Gasteiger partial charge in [0.1, 0.15) is 0 Å². The number of hydrogen-bond acceptors (Lipinski definition) is 4. The van der Waals surface area contributed by atoms with E-state index in [2.05, 4.69) is 0 Å². The molecule has 0 aromatic carbocycles. The van der Waals surface area contributed by atoms with Crippen LogP contribution in [0.1, 0.15) is 0 Å². The van der Waals surface area contributed by atoms with Crippen molar-refractivity contribution in [3.05, 3.63) is 0 Å². The quantitative estimate of drug-likeness (QED) is 0.405. The Morgan fingerprint density at radius 3 is 1.59 bits per heavy atom. The van der Waals surface area contributed by atoms with Crippen molar-refractivity contribution in [2.24, 2.45) is 0 Å².